The third kappa shape index (κ3) is 5.25. The lowest BCUT2D eigenvalue weighted by atomic mass is 9.85. The number of nitrogens with one attached hydrogen (secondary N) is 1. The number of benzene rings is 1. The predicted octanol–water partition coefficient (Wildman–Crippen LogP) is 3.01. The maximum Gasteiger partial charge on any atom is 0.250 e. The second-order valence-corrected chi connectivity index (χ2v) is 9.24. The van der Waals surface area contributed by atoms with E-state index in [1.165, 1.54) is 0 Å². The lowest BCUT2D eigenvalue weighted by molar-refractivity contribution is -0.140. The van der Waals surface area contributed by atoms with Crippen LogP contribution in [-0.4, -0.2) is 65.9 Å². The van der Waals surface area contributed by atoms with Gasteiger partial charge in [0.05, 0.1) is 6.67 Å². The largest absolute Gasteiger partial charge is 0.354 e. The number of para-hydroxylation sites is 1. The Morgan fingerprint density at radius 2 is 1.81 bits per heavy atom. The number of hydrogen-bond donors (Lipinski definition) is 1. The van der Waals surface area contributed by atoms with Gasteiger partial charge in [-0.3, -0.25) is 14.4 Å². The van der Waals surface area contributed by atoms with Crippen molar-refractivity contribution in [1.82, 2.24) is 15.1 Å². The van der Waals surface area contributed by atoms with Gasteiger partial charge in [0.2, 0.25) is 11.8 Å². The Balaban J connectivity index is 1.73. The average Bonchev–Trinajstić information content (AvgIpc) is 3.08. The van der Waals surface area contributed by atoms with Crippen molar-refractivity contribution in [2.45, 2.75) is 64.8 Å². The van der Waals surface area contributed by atoms with Crippen molar-refractivity contribution in [1.29, 1.82) is 0 Å². The van der Waals surface area contributed by atoms with E-state index in [0.717, 1.165) is 24.9 Å². The summed E-state index contributed by atoms with van der Waals surface area (Å²) in [6.45, 7) is 8.52. The fraction of sp³-hybridized carbons (Fsp3) is 0.640. The highest BCUT2D eigenvalue weighted by molar-refractivity contribution is 5.96. The molecule has 0 aliphatic carbocycles. The van der Waals surface area contributed by atoms with E-state index in [4.69, 9.17) is 0 Å². The summed E-state index contributed by atoms with van der Waals surface area (Å²) in [4.78, 5) is 44.4. The second-order valence-electron chi connectivity index (χ2n) is 9.24. The normalized spacial score (nSPS) is 18.8. The van der Waals surface area contributed by atoms with Crippen LogP contribution in [-0.2, 0) is 14.4 Å². The van der Waals surface area contributed by atoms with Crippen LogP contribution in [0.5, 0.6) is 0 Å². The molecule has 0 bridgehead atoms. The van der Waals surface area contributed by atoms with Gasteiger partial charge in [0, 0.05) is 31.7 Å². The van der Waals surface area contributed by atoms with Crippen molar-refractivity contribution in [3.05, 3.63) is 30.3 Å². The highest BCUT2D eigenvalue weighted by Gasteiger charge is 2.54. The van der Waals surface area contributed by atoms with Crippen molar-refractivity contribution >= 4 is 23.4 Å². The Kier molecular flexibility index (Phi) is 8.15. The number of nitrogens with zero attached hydrogens (tertiary/aromatic N) is 3. The molecule has 1 aromatic rings. The minimum atomic E-state index is -0.695. The van der Waals surface area contributed by atoms with Gasteiger partial charge in [0.25, 0.3) is 5.91 Å². The fourth-order valence-corrected chi connectivity index (χ4v) is 4.60. The second kappa shape index (κ2) is 10.8. The van der Waals surface area contributed by atoms with E-state index in [2.05, 4.69) is 31.0 Å². The SMILES string of the molecule is CCCCC(=O)N1CCC2(CC1)C(=O)N(CC(=O)NCC(C)CC)CN2c1ccccc1. The van der Waals surface area contributed by atoms with Gasteiger partial charge in [-0.1, -0.05) is 51.8 Å². The number of anilines is 1. The number of rotatable bonds is 9. The number of unbranched alkanes of at least 4 members (excludes halogenated alkanes) is 1. The summed E-state index contributed by atoms with van der Waals surface area (Å²) >= 11 is 0. The molecule has 1 N–H and O–H groups in total. The van der Waals surface area contributed by atoms with E-state index < -0.39 is 5.54 Å². The van der Waals surface area contributed by atoms with Crippen LogP contribution in [0.3, 0.4) is 0 Å². The molecular formula is C25H38N4O3. The van der Waals surface area contributed by atoms with Gasteiger partial charge in [-0.05, 0) is 37.3 Å². The van der Waals surface area contributed by atoms with E-state index in [9.17, 15) is 14.4 Å². The number of carbonyl (C=O) groups is 3. The molecule has 7 heteroatoms. The minimum Gasteiger partial charge on any atom is -0.354 e. The number of likely N-dealkylation sites (tertiary alicyclic amines) is 1. The lowest BCUT2D eigenvalue weighted by Crippen LogP contribution is -2.57. The smallest absolute Gasteiger partial charge is 0.250 e. The van der Waals surface area contributed by atoms with Crippen LogP contribution in [0.1, 0.15) is 59.3 Å². The summed E-state index contributed by atoms with van der Waals surface area (Å²) in [5.41, 5.74) is 0.286. The molecule has 0 aromatic heterocycles. The quantitative estimate of drug-likeness (QED) is 0.638. The van der Waals surface area contributed by atoms with Crippen LogP contribution in [0.2, 0.25) is 0 Å². The molecule has 7 nitrogen and oxygen atoms in total. The zero-order valence-electron chi connectivity index (χ0n) is 19.8. The van der Waals surface area contributed by atoms with Crippen molar-refractivity contribution in [3.8, 4) is 0 Å². The molecule has 0 radical (unpaired) electrons. The first-order valence-electron chi connectivity index (χ1n) is 12.1. The van der Waals surface area contributed by atoms with E-state index >= 15 is 0 Å². The van der Waals surface area contributed by atoms with E-state index in [1.54, 1.807) is 4.90 Å². The van der Waals surface area contributed by atoms with Gasteiger partial charge < -0.3 is 20.0 Å². The Bertz CT molecular complexity index is 790. The molecule has 3 rings (SSSR count). The zero-order chi connectivity index (χ0) is 23.1. The van der Waals surface area contributed by atoms with Crippen molar-refractivity contribution in [2.75, 3.05) is 37.7 Å². The Labute approximate surface area is 192 Å². The topological polar surface area (TPSA) is 73.0 Å². The molecule has 32 heavy (non-hydrogen) atoms. The standard InChI is InChI=1S/C25H38N4O3/c1-4-6-12-23(31)27-15-13-25(14-16-27)24(32)28(18-22(30)26-17-20(3)5-2)19-29(25)21-10-8-7-9-11-21/h7-11,20H,4-6,12-19H2,1-3H3,(H,26,30). The van der Waals surface area contributed by atoms with Gasteiger partial charge in [0.15, 0.2) is 0 Å². The van der Waals surface area contributed by atoms with Gasteiger partial charge in [-0.2, -0.15) is 0 Å². The summed E-state index contributed by atoms with van der Waals surface area (Å²) < 4.78 is 0. The van der Waals surface area contributed by atoms with Crippen LogP contribution in [0.4, 0.5) is 5.69 Å². The molecule has 1 spiro atoms. The number of piperidine rings is 1. The van der Waals surface area contributed by atoms with Crippen molar-refractivity contribution in [2.24, 2.45) is 5.92 Å². The predicted molar refractivity (Wildman–Crippen MR) is 126 cm³/mol. The average molecular weight is 443 g/mol. The molecular weight excluding hydrogens is 404 g/mol. The molecule has 1 atom stereocenters. The molecule has 2 fully saturated rings. The van der Waals surface area contributed by atoms with Crippen molar-refractivity contribution < 1.29 is 14.4 Å². The Morgan fingerprint density at radius 1 is 1.12 bits per heavy atom. The van der Waals surface area contributed by atoms with E-state index in [0.29, 0.717) is 51.5 Å². The van der Waals surface area contributed by atoms with Crippen LogP contribution in [0, 0.1) is 5.92 Å². The van der Waals surface area contributed by atoms with Gasteiger partial charge in [-0.15, -0.1) is 0 Å². The highest BCUT2D eigenvalue weighted by Crippen LogP contribution is 2.39. The monoisotopic (exact) mass is 442 g/mol. The van der Waals surface area contributed by atoms with Gasteiger partial charge >= 0.3 is 0 Å². The molecule has 3 amide bonds. The van der Waals surface area contributed by atoms with Crippen molar-refractivity contribution in [3.63, 3.8) is 0 Å². The summed E-state index contributed by atoms with van der Waals surface area (Å²) in [6, 6.07) is 9.93. The maximum absolute atomic E-state index is 13.6. The molecule has 2 aliphatic heterocycles. The van der Waals surface area contributed by atoms with Crippen LogP contribution < -0.4 is 10.2 Å². The molecule has 2 saturated heterocycles. The first kappa shape index (κ1) is 24.1. The molecule has 1 aromatic carbocycles. The molecule has 2 aliphatic rings. The van der Waals surface area contributed by atoms with Crippen LogP contribution >= 0.6 is 0 Å². The lowest BCUT2D eigenvalue weighted by Gasteiger charge is -2.43. The zero-order valence-corrected chi connectivity index (χ0v) is 19.8. The summed E-state index contributed by atoms with van der Waals surface area (Å²) in [5, 5.41) is 2.96. The van der Waals surface area contributed by atoms with Gasteiger partial charge in [0.1, 0.15) is 12.1 Å². The number of hydrogen-bond acceptors (Lipinski definition) is 4. The summed E-state index contributed by atoms with van der Waals surface area (Å²) in [5.74, 6) is 0.478. The molecule has 2 heterocycles. The van der Waals surface area contributed by atoms with E-state index in [-0.39, 0.29) is 24.3 Å². The first-order chi connectivity index (χ1) is 15.4. The van der Waals surface area contributed by atoms with Crippen LogP contribution in [0.15, 0.2) is 30.3 Å². The number of carbonyl (C=O) groups excluding carboxylic acids is 3. The van der Waals surface area contributed by atoms with Crippen LogP contribution in [0.25, 0.3) is 0 Å². The molecule has 1 unspecified atom stereocenters. The third-order valence-corrected chi connectivity index (χ3v) is 6.95. The van der Waals surface area contributed by atoms with E-state index in [1.807, 2.05) is 35.2 Å². The Hall–Kier alpha value is -2.57. The highest BCUT2D eigenvalue weighted by atomic mass is 16.2. The Morgan fingerprint density at radius 3 is 2.44 bits per heavy atom. The summed E-state index contributed by atoms with van der Waals surface area (Å²) in [7, 11) is 0. The van der Waals surface area contributed by atoms with Gasteiger partial charge in [-0.25, -0.2) is 0 Å². The molecule has 0 saturated carbocycles. The molecule has 176 valence electrons. The third-order valence-electron chi connectivity index (χ3n) is 6.95. The number of amides is 3. The maximum atomic E-state index is 13.6. The summed E-state index contributed by atoms with van der Waals surface area (Å²) in [6.07, 6.45) is 4.64. The first-order valence-corrected chi connectivity index (χ1v) is 12.1. The fourth-order valence-electron chi connectivity index (χ4n) is 4.60. The minimum absolute atomic E-state index is 0.000648.